The Hall–Kier alpha value is -1.26. The number of nitrogens with one attached hydrogen (secondary N) is 1. The van der Waals surface area contributed by atoms with E-state index in [1.54, 1.807) is 7.11 Å². The molecular weight excluding hydrogens is 242 g/mol. The van der Waals surface area contributed by atoms with Gasteiger partial charge in [-0.05, 0) is 43.9 Å². The van der Waals surface area contributed by atoms with Gasteiger partial charge in [0.05, 0.1) is 20.3 Å². The smallest absolute Gasteiger partial charge is 0.161 e. The average molecular weight is 265 g/mol. The van der Waals surface area contributed by atoms with Crippen molar-refractivity contribution in [2.24, 2.45) is 0 Å². The summed E-state index contributed by atoms with van der Waals surface area (Å²) < 4.78 is 11.0. The molecule has 2 N–H and O–H groups in total. The second kappa shape index (κ2) is 6.78. The van der Waals surface area contributed by atoms with Gasteiger partial charge in [0, 0.05) is 12.1 Å². The van der Waals surface area contributed by atoms with E-state index >= 15 is 0 Å². The molecular formula is C15H23NO3. The lowest BCUT2D eigenvalue weighted by Gasteiger charge is -2.17. The van der Waals surface area contributed by atoms with E-state index in [1.807, 2.05) is 25.1 Å². The van der Waals surface area contributed by atoms with Gasteiger partial charge in [-0.1, -0.05) is 6.07 Å². The lowest BCUT2D eigenvalue weighted by Crippen LogP contribution is -2.35. The van der Waals surface area contributed by atoms with Gasteiger partial charge in [0.15, 0.2) is 11.5 Å². The Bertz CT molecular complexity index is 404. The summed E-state index contributed by atoms with van der Waals surface area (Å²) in [5, 5.41) is 12.7. The molecule has 1 aromatic rings. The largest absolute Gasteiger partial charge is 0.493 e. The minimum absolute atomic E-state index is 0.129. The first-order valence-corrected chi connectivity index (χ1v) is 6.87. The van der Waals surface area contributed by atoms with Crippen LogP contribution in [0.15, 0.2) is 18.2 Å². The number of ether oxygens (including phenoxy) is 2. The standard InChI is InChI=1S/C15H23NO3/c1-11-3-6-14(15(9-11)18-2)19-8-7-13(10-17)16-12-4-5-12/h3,6,9,12-13,16-17H,4-5,7-8,10H2,1-2H3. The Morgan fingerprint density at radius 3 is 2.79 bits per heavy atom. The zero-order valence-electron chi connectivity index (χ0n) is 11.7. The van der Waals surface area contributed by atoms with E-state index in [9.17, 15) is 5.11 Å². The Kier molecular flexibility index (Phi) is 5.05. The van der Waals surface area contributed by atoms with Crippen molar-refractivity contribution in [3.8, 4) is 11.5 Å². The Balaban J connectivity index is 1.80. The van der Waals surface area contributed by atoms with E-state index in [1.165, 1.54) is 12.8 Å². The first-order valence-electron chi connectivity index (χ1n) is 6.87. The third-order valence-electron chi connectivity index (χ3n) is 3.31. The van der Waals surface area contributed by atoms with Crippen molar-refractivity contribution in [1.82, 2.24) is 5.32 Å². The molecule has 0 saturated heterocycles. The molecule has 1 aliphatic rings. The number of hydrogen-bond donors (Lipinski definition) is 2. The molecule has 0 spiro atoms. The van der Waals surface area contributed by atoms with Gasteiger partial charge in [0.2, 0.25) is 0 Å². The van der Waals surface area contributed by atoms with E-state index in [0.29, 0.717) is 12.6 Å². The summed E-state index contributed by atoms with van der Waals surface area (Å²) in [6.07, 6.45) is 3.25. The van der Waals surface area contributed by atoms with Gasteiger partial charge in [-0.2, -0.15) is 0 Å². The third-order valence-corrected chi connectivity index (χ3v) is 3.31. The minimum atomic E-state index is 0.129. The third kappa shape index (κ3) is 4.40. The topological polar surface area (TPSA) is 50.7 Å². The van der Waals surface area contributed by atoms with Crippen molar-refractivity contribution in [3.63, 3.8) is 0 Å². The Labute approximate surface area is 114 Å². The second-order valence-corrected chi connectivity index (χ2v) is 5.11. The zero-order chi connectivity index (χ0) is 13.7. The van der Waals surface area contributed by atoms with Crippen LogP contribution in [0.25, 0.3) is 0 Å². The molecule has 2 rings (SSSR count). The molecule has 1 aliphatic carbocycles. The summed E-state index contributed by atoms with van der Waals surface area (Å²) in [5.74, 6) is 1.52. The van der Waals surface area contributed by atoms with Crippen LogP contribution in [0.1, 0.15) is 24.8 Å². The number of rotatable bonds is 8. The molecule has 19 heavy (non-hydrogen) atoms. The molecule has 0 amide bonds. The lowest BCUT2D eigenvalue weighted by molar-refractivity contribution is 0.205. The minimum Gasteiger partial charge on any atom is -0.493 e. The molecule has 106 valence electrons. The maximum atomic E-state index is 9.29. The summed E-state index contributed by atoms with van der Waals surface area (Å²) in [6.45, 7) is 2.75. The van der Waals surface area contributed by atoms with Crippen molar-refractivity contribution in [2.45, 2.75) is 38.3 Å². The molecule has 4 heteroatoms. The van der Waals surface area contributed by atoms with Crippen LogP contribution in [0, 0.1) is 6.92 Å². The van der Waals surface area contributed by atoms with E-state index in [4.69, 9.17) is 9.47 Å². The fourth-order valence-electron chi connectivity index (χ4n) is 2.02. The summed E-state index contributed by atoms with van der Waals surface area (Å²) in [7, 11) is 1.65. The molecule has 0 bridgehead atoms. The Morgan fingerprint density at radius 1 is 1.37 bits per heavy atom. The second-order valence-electron chi connectivity index (χ2n) is 5.11. The lowest BCUT2D eigenvalue weighted by atomic mass is 10.2. The highest BCUT2D eigenvalue weighted by Crippen LogP contribution is 2.28. The van der Waals surface area contributed by atoms with Gasteiger partial charge in [0.1, 0.15) is 0 Å². The quantitative estimate of drug-likeness (QED) is 0.753. The number of benzene rings is 1. The maximum absolute atomic E-state index is 9.29. The molecule has 0 aromatic heterocycles. The maximum Gasteiger partial charge on any atom is 0.161 e. The number of aliphatic hydroxyl groups excluding tert-OH is 1. The summed E-state index contributed by atoms with van der Waals surface area (Å²) in [6, 6.07) is 6.62. The van der Waals surface area contributed by atoms with Crippen LogP contribution in [0.2, 0.25) is 0 Å². The molecule has 1 fully saturated rings. The molecule has 0 aliphatic heterocycles. The van der Waals surface area contributed by atoms with Crippen LogP contribution in [0.3, 0.4) is 0 Å². The van der Waals surface area contributed by atoms with Gasteiger partial charge in [-0.3, -0.25) is 0 Å². The van der Waals surface area contributed by atoms with Crippen molar-refractivity contribution in [3.05, 3.63) is 23.8 Å². The summed E-state index contributed by atoms with van der Waals surface area (Å²) in [5.41, 5.74) is 1.15. The molecule has 1 atom stereocenters. The number of aliphatic hydroxyl groups is 1. The van der Waals surface area contributed by atoms with Crippen LogP contribution in [-0.2, 0) is 0 Å². The molecule has 0 heterocycles. The first kappa shape index (κ1) is 14.2. The van der Waals surface area contributed by atoms with Crippen molar-refractivity contribution < 1.29 is 14.6 Å². The predicted octanol–water partition coefficient (Wildman–Crippen LogP) is 1.89. The number of methoxy groups -OCH3 is 1. The highest BCUT2D eigenvalue weighted by atomic mass is 16.5. The van der Waals surface area contributed by atoms with Gasteiger partial charge in [-0.15, -0.1) is 0 Å². The highest BCUT2D eigenvalue weighted by Gasteiger charge is 2.24. The highest BCUT2D eigenvalue weighted by molar-refractivity contribution is 5.42. The molecule has 0 radical (unpaired) electrons. The van der Waals surface area contributed by atoms with Crippen LogP contribution in [-0.4, -0.2) is 37.5 Å². The van der Waals surface area contributed by atoms with Crippen molar-refractivity contribution in [2.75, 3.05) is 20.3 Å². The number of hydrogen-bond acceptors (Lipinski definition) is 4. The summed E-state index contributed by atoms with van der Waals surface area (Å²) >= 11 is 0. The van der Waals surface area contributed by atoms with E-state index in [-0.39, 0.29) is 12.6 Å². The summed E-state index contributed by atoms with van der Waals surface area (Å²) in [4.78, 5) is 0. The molecule has 1 unspecified atom stereocenters. The van der Waals surface area contributed by atoms with Gasteiger partial charge < -0.3 is 19.9 Å². The van der Waals surface area contributed by atoms with Crippen LogP contribution in [0.4, 0.5) is 0 Å². The normalized spacial score (nSPS) is 16.2. The van der Waals surface area contributed by atoms with Gasteiger partial charge in [-0.25, -0.2) is 0 Å². The van der Waals surface area contributed by atoms with E-state index in [0.717, 1.165) is 23.5 Å². The monoisotopic (exact) mass is 265 g/mol. The van der Waals surface area contributed by atoms with Crippen LogP contribution < -0.4 is 14.8 Å². The first-order chi connectivity index (χ1) is 9.22. The molecule has 4 nitrogen and oxygen atoms in total. The predicted molar refractivity (Wildman–Crippen MR) is 74.9 cm³/mol. The number of aryl methyl sites for hydroxylation is 1. The van der Waals surface area contributed by atoms with Gasteiger partial charge >= 0.3 is 0 Å². The van der Waals surface area contributed by atoms with E-state index < -0.39 is 0 Å². The van der Waals surface area contributed by atoms with Crippen LogP contribution in [0.5, 0.6) is 11.5 Å². The molecule has 1 saturated carbocycles. The fourth-order valence-corrected chi connectivity index (χ4v) is 2.02. The van der Waals surface area contributed by atoms with Crippen LogP contribution >= 0.6 is 0 Å². The van der Waals surface area contributed by atoms with Gasteiger partial charge in [0.25, 0.3) is 0 Å². The fraction of sp³-hybridized carbons (Fsp3) is 0.600. The SMILES string of the molecule is COc1cc(C)ccc1OCCC(CO)NC1CC1. The van der Waals surface area contributed by atoms with Crippen molar-refractivity contribution in [1.29, 1.82) is 0 Å². The van der Waals surface area contributed by atoms with Crippen molar-refractivity contribution >= 4 is 0 Å². The molecule has 1 aromatic carbocycles. The zero-order valence-corrected chi connectivity index (χ0v) is 11.7. The Morgan fingerprint density at radius 2 is 2.16 bits per heavy atom. The average Bonchev–Trinajstić information content (AvgIpc) is 3.23. The van der Waals surface area contributed by atoms with E-state index in [2.05, 4.69) is 5.32 Å².